The number of nitrogens with zero attached hydrogens (tertiary/aromatic N) is 1. The molecule has 0 aromatic heterocycles. The molecule has 0 amide bonds. The lowest BCUT2D eigenvalue weighted by atomic mass is 10.0. The molecule has 0 heterocycles. The van der Waals surface area contributed by atoms with Crippen LogP contribution in [-0.4, -0.2) is 0 Å². The van der Waals surface area contributed by atoms with Crippen LogP contribution in [0.3, 0.4) is 0 Å². The van der Waals surface area contributed by atoms with Crippen LogP contribution in [0.15, 0.2) is 0 Å². The van der Waals surface area contributed by atoms with Gasteiger partial charge in [0.25, 0.3) is 0 Å². The molecule has 0 aromatic carbocycles. The van der Waals surface area contributed by atoms with Gasteiger partial charge in [0.1, 0.15) is 0 Å². The molecule has 1 nitrogen and oxygen atoms in total. The van der Waals surface area contributed by atoms with Crippen molar-refractivity contribution < 1.29 is 0 Å². The maximum atomic E-state index is 8.49. The van der Waals surface area contributed by atoms with Gasteiger partial charge in [0.2, 0.25) is 0 Å². The first kappa shape index (κ1) is 5.62. The molecule has 2 unspecified atom stereocenters. The van der Waals surface area contributed by atoms with Crippen molar-refractivity contribution in [3.8, 4) is 6.07 Å². The van der Waals surface area contributed by atoms with E-state index in [0.29, 0.717) is 11.8 Å². The summed E-state index contributed by atoms with van der Waals surface area (Å²) in [5.41, 5.74) is 0. The molecule has 0 N–H and O–H groups in total. The first-order valence-corrected chi connectivity index (χ1v) is 3.24. The largest absolute Gasteiger partial charge is 0.198 e. The van der Waals surface area contributed by atoms with Crippen molar-refractivity contribution in [3.05, 3.63) is 0 Å². The molecule has 0 aromatic rings. The third-order valence-corrected chi connectivity index (χ3v) is 2.03. The van der Waals surface area contributed by atoms with Gasteiger partial charge in [-0.1, -0.05) is 13.3 Å². The van der Waals surface area contributed by atoms with E-state index >= 15 is 0 Å². The van der Waals surface area contributed by atoms with Crippen molar-refractivity contribution in [1.29, 1.82) is 5.26 Å². The summed E-state index contributed by atoms with van der Waals surface area (Å²) in [4.78, 5) is 0. The molecule has 1 aliphatic rings. The Labute approximate surface area is 50.3 Å². The molecular formula is C7H11N. The Morgan fingerprint density at radius 1 is 1.50 bits per heavy atom. The van der Waals surface area contributed by atoms with Gasteiger partial charge in [0, 0.05) is 5.92 Å². The zero-order chi connectivity index (χ0) is 5.98. The zero-order valence-corrected chi connectivity index (χ0v) is 5.22. The Kier molecular flexibility index (Phi) is 1.53. The van der Waals surface area contributed by atoms with Gasteiger partial charge in [-0.15, -0.1) is 0 Å². The molecule has 1 heteroatoms. The fourth-order valence-electron chi connectivity index (χ4n) is 1.34. The van der Waals surface area contributed by atoms with Crippen LogP contribution in [-0.2, 0) is 0 Å². The topological polar surface area (TPSA) is 23.8 Å². The van der Waals surface area contributed by atoms with E-state index in [9.17, 15) is 0 Å². The minimum atomic E-state index is 0.370. The first-order chi connectivity index (χ1) is 3.84. The van der Waals surface area contributed by atoms with E-state index < -0.39 is 0 Å². The molecule has 2 atom stereocenters. The average Bonchev–Trinajstić information content (AvgIpc) is 2.14. The highest BCUT2D eigenvalue weighted by atomic mass is 14.3. The second kappa shape index (κ2) is 2.17. The summed E-state index contributed by atoms with van der Waals surface area (Å²) >= 11 is 0. The van der Waals surface area contributed by atoms with Crippen LogP contribution >= 0.6 is 0 Å². The SMILES string of the molecule is CC1CCCC1C#N. The number of nitriles is 1. The molecule has 8 heavy (non-hydrogen) atoms. The number of hydrogen-bond acceptors (Lipinski definition) is 1. The Bertz CT molecular complexity index is 112. The van der Waals surface area contributed by atoms with Gasteiger partial charge < -0.3 is 0 Å². The van der Waals surface area contributed by atoms with E-state index in [1.165, 1.54) is 12.8 Å². The Hall–Kier alpha value is -0.510. The van der Waals surface area contributed by atoms with Gasteiger partial charge in [-0.2, -0.15) is 5.26 Å². The molecule has 0 bridgehead atoms. The molecule has 44 valence electrons. The predicted molar refractivity (Wildman–Crippen MR) is 32.1 cm³/mol. The number of rotatable bonds is 0. The summed E-state index contributed by atoms with van der Waals surface area (Å²) in [5, 5.41) is 8.49. The normalized spacial score (nSPS) is 37.0. The zero-order valence-electron chi connectivity index (χ0n) is 5.22. The van der Waals surface area contributed by atoms with E-state index in [0.717, 1.165) is 6.42 Å². The quantitative estimate of drug-likeness (QED) is 0.466. The number of hydrogen-bond donors (Lipinski definition) is 0. The average molecular weight is 109 g/mol. The fourth-order valence-corrected chi connectivity index (χ4v) is 1.34. The van der Waals surface area contributed by atoms with Crippen LogP contribution in [0.2, 0.25) is 0 Å². The van der Waals surface area contributed by atoms with Crippen molar-refractivity contribution in [2.45, 2.75) is 26.2 Å². The Morgan fingerprint density at radius 2 is 2.25 bits per heavy atom. The molecule has 0 saturated heterocycles. The fraction of sp³-hybridized carbons (Fsp3) is 0.857. The van der Waals surface area contributed by atoms with Crippen molar-refractivity contribution in [3.63, 3.8) is 0 Å². The summed E-state index contributed by atoms with van der Waals surface area (Å²) in [6.45, 7) is 2.17. The van der Waals surface area contributed by atoms with Crippen LogP contribution in [0, 0.1) is 23.2 Å². The van der Waals surface area contributed by atoms with Gasteiger partial charge in [0.05, 0.1) is 6.07 Å². The van der Waals surface area contributed by atoms with Crippen LogP contribution in [0.4, 0.5) is 0 Å². The second-order valence-electron chi connectivity index (χ2n) is 2.64. The predicted octanol–water partition coefficient (Wildman–Crippen LogP) is 1.95. The van der Waals surface area contributed by atoms with E-state index in [4.69, 9.17) is 5.26 Å². The van der Waals surface area contributed by atoms with Crippen LogP contribution in [0.5, 0.6) is 0 Å². The third-order valence-electron chi connectivity index (χ3n) is 2.03. The summed E-state index contributed by atoms with van der Waals surface area (Å²) in [6.07, 6.45) is 3.66. The molecule has 1 fully saturated rings. The highest BCUT2D eigenvalue weighted by Gasteiger charge is 2.21. The lowest BCUT2D eigenvalue weighted by molar-refractivity contribution is 0.514. The monoisotopic (exact) mass is 109 g/mol. The summed E-state index contributed by atoms with van der Waals surface area (Å²) in [6, 6.07) is 2.31. The first-order valence-electron chi connectivity index (χ1n) is 3.24. The third kappa shape index (κ3) is 0.838. The summed E-state index contributed by atoms with van der Waals surface area (Å²) in [5.74, 6) is 1.04. The van der Waals surface area contributed by atoms with Crippen molar-refractivity contribution in [1.82, 2.24) is 0 Å². The molecule has 0 radical (unpaired) electrons. The molecule has 0 spiro atoms. The van der Waals surface area contributed by atoms with Crippen LogP contribution < -0.4 is 0 Å². The minimum Gasteiger partial charge on any atom is -0.198 e. The van der Waals surface area contributed by atoms with E-state index in [1.54, 1.807) is 0 Å². The minimum absolute atomic E-state index is 0.370. The molecule has 1 rings (SSSR count). The highest BCUT2D eigenvalue weighted by Crippen LogP contribution is 2.29. The van der Waals surface area contributed by atoms with E-state index in [1.807, 2.05) is 0 Å². The van der Waals surface area contributed by atoms with Crippen LogP contribution in [0.25, 0.3) is 0 Å². The summed E-state index contributed by atoms with van der Waals surface area (Å²) in [7, 11) is 0. The lowest BCUT2D eigenvalue weighted by Crippen LogP contribution is -1.98. The lowest BCUT2D eigenvalue weighted by Gasteiger charge is -2.02. The standard InChI is InChI=1S/C7H11N/c1-6-3-2-4-7(6)5-8/h6-7H,2-4H2,1H3. The van der Waals surface area contributed by atoms with Crippen molar-refractivity contribution >= 4 is 0 Å². The van der Waals surface area contributed by atoms with E-state index in [-0.39, 0.29) is 0 Å². The van der Waals surface area contributed by atoms with E-state index in [2.05, 4.69) is 13.0 Å². The molecule has 0 aliphatic heterocycles. The van der Waals surface area contributed by atoms with Gasteiger partial charge >= 0.3 is 0 Å². The summed E-state index contributed by atoms with van der Waals surface area (Å²) < 4.78 is 0. The maximum absolute atomic E-state index is 8.49. The van der Waals surface area contributed by atoms with Crippen LogP contribution in [0.1, 0.15) is 26.2 Å². The van der Waals surface area contributed by atoms with Gasteiger partial charge in [-0.25, -0.2) is 0 Å². The van der Waals surface area contributed by atoms with Gasteiger partial charge in [-0.05, 0) is 18.8 Å². The highest BCUT2D eigenvalue weighted by molar-refractivity contribution is 4.90. The molecular weight excluding hydrogens is 98.1 g/mol. The second-order valence-corrected chi connectivity index (χ2v) is 2.64. The van der Waals surface area contributed by atoms with Gasteiger partial charge in [-0.3, -0.25) is 0 Å². The molecule has 1 aliphatic carbocycles. The Morgan fingerprint density at radius 3 is 2.50 bits per heavy atom. The smallest absolute Gasteiger partial charge is 0.0658 e. The van der Waals surface area contributed by atoms with Crippen molar-refractivity contribution in [2.24, 2.45) is 11.8 Å². The Balaban J connectivity index is 2.45. The maximum Gasteiger partial charge on any atom is 0.0658 e. The molecule has 1 saturated carbocycles. The van der Waals surface area contributed by atoms with Gasteiger partial charge in [0.15, 0.2) is 0 Å². The van der Waals surface area contributed by atoms with Crippen molar-refractivity contribution in [2.75, 3.05) is 0 Å².